The van der Waals surface area contributed by atoms with Gasteiger partial charge in [-0.1, -0.05) is 25.4 Å². The molecule has 0 fully saturated rings. The van der Waals surface area contributed by atoms with Crippen LogP contribution in [0.25, 0.3) is 0 Å². The van der Waals surface area contributed by atoms with Crippen LogP contribution in [0.4, 0.5) is 5.82 Å². The fourth-order valence-corrected chi connectivity index (χ4v) is 1.78. The SMILES string of the molecule is CC(C)(CCCl)CNc1ccc(Cl)cn1. The third kappa shape index (κ3) is 4.72. The van der Waals surface area contributed by atoms with Crippen LogP contribution in [0.2, 0.25) is 5.02 Å². The van der Waals surface area contributed by atoms with Gasteiger partial charge in [0.05, 0.1) is 5.02 Å². The number of rotatable bonds is 5. The molecule has 0 aliphatic heterocycles. The maximum Gasteiger partial charge on any atom is 0.126 e. The molecule has 0 radical (unpaired) electrons. The van der Waals surface area contributed by atoms with Crippen LogP contribution in [0.5, 0.6) is 0 Å². The van der Waals surface area contributed by atoms with E-state index in [1.54, 1.807) is 6.20 Å². The molecular formula is C11H16Cl2N2. The van der Waals surface area contributed by atoms with E-state index in [4.69, 9.17) is 23.2 Å². The lowest BCUT2D eigenvalue weighted by molar-refractivity contribution is 0.379. The van der Waals surface area contributed by atoms with E-state index in [0.717, 1.165) is 18.8 Å². The molecule has 4 heteroatoms. The first-order chi connectivity index (χ1) is 7.03. The zero-order chi connectivity index (χ0) is 11.3. The molecule has 0 amide bonds. The number of halogens is 2. The minimum atomic E-state index is 0.184. The Bertz CT molecular complexity index is 296. The molecule has 0 saturated heterocycles. The monoisotopic (exact) mass is 246 g/mol. The molecule has 1 aromatic heterocycles. The van der Waals surface area contributed by atoms with Gasteiger partial charge in [-0.15, -0.1) is 11.6 Å². The summed E-state index contributed by atoms with van der Waals surface area (Å²) >= 11 is 11.5. The third-order valence-electron chi connectivity index (χ3n) is 2.25. The van der Waals surface area contributed by atoms with Crippen molar-refractivity contribution in [3.05, 3.63) is 23.4 Å². The molecule has 1 N–H and O–H groups in total. The number of anilines is 1. The highest BCUT2D eigenvalue weighted by atomic mass is 35.5. The van der Waals surface area contributed by atoms with Gasteiger partial charge in [0.1, 0.15) is 5.82 Å². The van der Waals surface area contributed by atoms with Crippen molar-refractivity contribution < 1.29 is 0 Å². The molecule has 0 aliphatic rings. The van der Waals surface area contributed by atoms with Crippen LogP contribution in [-0.4, -0.2) is 17.4 Å². The summed E-state index contributed by atoms with van der Waals surface area (Å²) in [6.45, 7) is 5.21. The number of pyridine rings is 1. The molecular weight excluding hydrogens is 231 g/mol. The van der Waals surface area contributed by atoms with Gasteiger partial charge in [0.2, 0.25) is 0 Å². The van der Waals surface area contributed by atoms with Crippen LogP contribution in [0.15, 0.2) is 18.3 Å². The van der Waals surface area contributed by atoms with Crippen LogP contribution in [0.1, 0.15) is 20.3 Å². The molecule has 0 saturated carbocycles. The predicted molar refractivity (Wildman–Crippen MR) is 66.9 cm³/mol. The van der Waals surface area contributed by atoms with E-state index in [2.05, 4.69) is 24.1 Å². The van der Waals surface area contributed by atoms with E-state index in [-0.39, 0.29) is 5.41 Å². The lowest BCUT2D eigenvalue weighted by Crippen LogP contribution is -2.23. The molecule has 0 atom stereocenters. The number of alkyl halides is 1. The van der Waals surface area contributed by atoms with Crippen molar-refractivity contribution in [2.45, 2.75) is 20.3 Å². The Labute approximate surface area is 101 Å². The predicted octanol–water partition coefficient (Wildman–Crippen LogP) is 3.80. The molecule has 0 bridgehead atoms. The fourth-order valence-electron chi connectivity index (χ4n) is 1.15. The summed E-state index contributed by atoms with van der Waals surface area (Å²) in [6, 6.07) is 3.70. The van der Waals surface area contributed by atoms with Crippen molar-refractivity contribution in [2.75, 3.05) is 17.7 Å². The smallest absolute Gasteiger partial charge is 0.126 e. The molecule has 0 spiro atoms. The van der Waals surface area contributed by atoms with Crippen LogP contribution < -0.4 is 5.32 Å². The van der Waals surface area contributed by atoms with Gasteiger partial charge in [0, 0.05) is 18.6 Å². The highest BCUT2D eigenvalue weighted by Crippen LogP contribution is 2.21. The second kappa shape index (κ2) is 5.57. The number of hydrogen-bond donors (Lipinski definition) is 1. The highest BCUT2D eigenvalue weighted by Gasteiger charge is 2.16. The summed E-state index contributed by atoms with van der Waals surface area (Å²) in [4.78, 5) is 4.17. The summed E-state index contributed by atoms with van der Waals surface area (Å²) < 4.78 is 0. The molecule has 84 valence electrons. The van der Waals surface area contributed by atoms with Crippen molar-refractivity contribution in [3.8, 4) is 0 Å². The summed E-state index contributed by atoms with van der Waals surface area (Å²) in [5.41, 5.74) is 0.184. The van der Waals surface area contributed by atoms with Gasteiger partial charge >= 0.3 is 0 Å². The standard InChI is InChI=1S/C11H16Cl2N2/c1-11(2,5-6-12)8-15-10-4-3-9(13)7-14-10/h3-4,7H,5-6,8H2,1-2H3,(H,14,15). The molecule has 1 aromatic rings. The lowest BCUT2D eigenvalue weighted by atomic mass is 9.90. The normalized spacial score (nSPS) is 11.5. The summed E-state index contributed by atoms with van der Waals surface area (Å²) in [5.74, 6) is 1.53. The third-order valence-corrected chi connectivity index (χ3v) is 2.66. The van der Waals surface area contributed by atoms with E-state index in [1.165, 1.54) is 0 Å². The number of nitrogens with zero attached hydrogens (tertiary/aromatic N) is 1. The molecule has 1 heterocycles. The van der Waals surface area contributed by atoms with Crippen molar-refractivity contribution in [1.82, 2.24) is 4.98 Å². The van der Waals surface area contributed by atoms with Gasteiger partial charge < -0.3 is 5.32 Å². The molecule has 2 nitrogen and oxygen atoms in total. The largest absolute Gasteiger partial charge is 0.370 e. The van der Waals surface area contributed by atoms with E-state index < -0.39 is 0 Å². The number of nitrogens with one attached hydrogen (secondary N) is 1. The first kappa shape index (κ1) is 12.6. The zero-order valence-corrected chi connectivity index (χ0v) is 10.6. The Hall–Kier alpha value is -0.470. The Morgan fingerprint density at radius 3 is 2.67 bits per heavy atom. The second-order valence-corrected chi connectivity index (χ2v) is 5.13. The van der Waals surface area contributed by atoms with E-state index in [1.807, 2.05) is 12.1 Å². The molecule has 1 rings (SSSR count). The Morgan fingerprint density at radius 1 is 1.40 bits per heavy atom. The molecule has 0 aliphatic carbocycles. The Morgan fingerprint density at radius 2 is 2.13 bits per heavy atom. The van der Waals surface area contributed by atoms with Gasteiger partial charge in [-0.3, -0.25) is 0 Å². The molecule has 0 unspecified atom stereocenters. The summed E-state index contributed by atoms with van der Waals surface area (Å²) in [6.07, 6.45) is 2.62. The van der Waals surface area contributed by atoms with Crippen molar-refractivity contribution in [2.24, 2.45) is 5.41 Å². The second-order valence-electron chi connectivity index (χ2n) is 4.32. The van der Waals surface area contributed by atoms with Crippen LogP contribution >= 0.6 is 23.2 Å². The number of aromatic nitrogens is 1. The number of hydrogen-bond acceptors (Lipinski definition) is 2. The quantitative estimate of drug-likeness (QED) is 0.800. The van der Waals surface area contributed by atoms with Gasteiger partial charge in [0.25, 0.3) is 0 Å². The van der Waals surface area contributed by atoms with Crippen LogP contribution in [-0.2, 0) is 0 Å². The summed E-state index contributed by atoms with van der Waals surface area (Å²) in [5, 5.41) is 3.92. The topological polar surface area (TPSA) is 24.9 Å². The van der Waals surface area contributed by atoms with Gasteiger partial charge in [-0.25, -0.2) is 4.98 Å². The average Bonchev–Trinajstić information content (AvgIpc) is 2.17. The van der Waals surface area contributed by atoms with E-state index >= 15 is 0 Å². The van der Waals surface area contributed by atoms with Crippen LogP contribution in [0, 0.1) is 5.41 Å². The fraction of sp³-hybridized carbons (Fsp3) is 0.545. The molecule has 0 aromatic carbocycles. The summed E-state index contributed by atoms with van der Waals surface area (Å²) in [7, 11) is 0. The molecule has 15 heavy (non-hydrogen) atoms. The van der Waals surface area contributed by atoms with E-state index in [9.17, 15) is 0 Å². The van der Waals surface area contributed by atoms with E-state index in [0.29, 0.717) is 10.9 Å². The van der Waals surface area contributed by atoms with Gasteiger partial charge in [-0.05, 0) is 24.0 Å². The van der Waals surface area contributed by atoms with Crippen molar-refractivity contribution in [3.63, 3.8) is 0 Å². The lowest BCUT2D eigenvalue weighted by Gasteiger charge is -2.24. The Kier molecular flexibility index (Phi) is 4.68. The zero-order valence-electron chi connectivity index (χ0n) is 9.06. The minimum absolute atomic E-state index is 0.184. The maximum atomic E-state index is 5.74. The van der Waals surface area contributed by atoms with Gasteiger partial charge in [-0.2, -0.15) is 0 Å². The van der Waals surface area contributed by atoms with Crippen molar-refractivity contribution >= 4 is 29.0 Å². The average molecular weight is 247 g/mol. The highest BCUT2D eigenvalue weighted by molar-refractivity contribution is 6.30. The van der Waals surface area contributed by atoms with Gasteiger partial charge in [0.15, 0.2) is 0 Å². The minimum Gasteiger partial charge on any atom is -0.370 e. The Balaban J connectivity index is 2.46. The maximum absolute atomic E-state index is 5.74. The first-order valence-corrected chi connectivity index (χ1v) is 5.86. The van der Waals surface area contributed by atoms with Crippen molar-refractivity contribution in [1.29, 1.82) is 0 Å². The first-order valence-electron chi connectivity index (χ1n) is 4.95. The van der Waals surface area contributed by atoms with Crippen LogP contribution in [0.3, 0.4) is 0 Å².